The zero-order chi connectivity index (χ0) is 18.6. The third-order valence-electron chi connectivity index (χ3n) is 4.23. The smallest absolute Gasteiger partial charge is 0.211 e. The van der Waals surface area contributed by atoms with Gasteiger partial charge in [-0.15, -0.1) is 11.3 Å². The molecular formula is C17H21ClN2O4S2. The molecule has 1 aromatic carbocycles. The maximum absolute atomic E-state index is 11.9. The number of nitrogens with zero attached hydrogens (tertiary/aromatic N) is 1. The van der Waals surface area contributed by atoms with Crippen molar-refractivity contribution in [2.75, 3.05) is 25.6 Å². The second kappa shape index (κ2) is 8.67. The van der Waals surface area contributed by atoms with Crippen LogP contribution in [0.1, 0.15) is 13.3 Å². The molecule has 9 heteroatoms. The van der Waals surface area contributed by atoms with Crippen LogP contribution in [0, 0.1) is 5.92 Å². The molecule has 3 rings (SSSR count). The van der Waals surface area contributed by atoms with E-state index in [1.54, 1.807) is 13.1 Å². The lowest BCUT2D eigenvalue weighted by Gasteiger charge is -2.31. The third-order valence-corrected chi connectivity index (χ3v) is 6.81. The van der Waals surface area contributed by atoms with Crippen molar-refractivity contribution in [3.05, 3.63) is 34.8 Å². The molecule has 0 radical (unpaired) electrons. The van der Waals surface area contributed by atoms with Crippen LogP contribution in [0.3, 0.4) is 0 Å². The summed E-state index contributed by atoms with van der Waals surface area (Å²) in [7, 11) is -3.25. The van der Waals surface area contributed by atoms with Gasteiger partial charge in [0.15, 0.2) is 0 Å². The minimum Gasteiger partial charge on any atom is -0.493 e. The number of halogens is 1. The van der Waals surface area contributed by atoms with Crippen LogP contribution < -0.4 is 9.46 Å². The van der Waals surface area contributed by atoms with Gasteiger partial charge >= 0.3 is 0 Å². The number of hydrogen-bond acceptors (Lipinski definition) is 6. The van der Waals surface area contributed by atoms with Crippen molar-refractivity contribution in [2.24, 2.45) is 5.92 Å². The van der Waals surface area contributed by atoms with Gasteiger partial charge in [0.25, 0.3) is 0 Å². The number of rotatable bonds is 7. The van der Waals surface area contributed by atoms with Gasteiger partial charge in [-0.1, -0.05) is 11.6 Å². The van der Waals surface area contributed by atoms with Gasteiger partial charge in [-0.2, -0.15) is 0 Å². The molecule has 0 saturated carbocycles. The largest absolute Gasteiger partial charge is 0.493 e. The first-order valence-corrected chi connectivity index (χ1v) is 11.2. The van der Waals surface area contributed by atoms with Crippen molar-refractivity contribution in [3.63, 3.8) is 0 Å². The molecule has 1 saturated heterocycles. The van der Waals surface area contributed by atoms with E-state index in [2.05, 4.69) is 9.71 Å². The molecule has 0 spiro atoms. The van der Waals surface area contributed by atoms with Crippen LogP contribution in [0.15, 0.2) is 30.5 Å². The Balaban J connectivity index is 1.60. The van der Waals surface area contributed by atoms with Crippen LogP contribution >= 0.6 is 22.9 Å². The van der Waals surface area contributed by atoms with E-state index in [4.69, 9.17) is 21.1 Å². The highest BCUT2D eigenvalue weighted by molar-refractivity contribution is 7.89. The Morgan fingerprint density at radius 1 is 1.38 bits per heavy atom. The normalized spacial score (nSPS) is 20.8. The lowest BCUT2D eigenvalue weighted by molar-refractivity contribution is 0.0186. The molecule has 0 unspecified atom stereocenters. The topological polar surface area (TPSA) is 77.5 Å². The summed E-state index contributed by atoms with van der Waals surface area (Å²) in [4.78, 5) is 4.25. The molecule has 1 fully saturated rings. The Kier molecular flexibility index (Phi) is 6.52. The molecule has 0 amide bonds. The quantitative estimate of drug-likeness (QED) is 0.750. The molecule has 1 aliphatic rings. The first-order valence-electron chi connectivity index (χ1n) is 8.39. The Morgan fingerprint density at radius 2 is 2.15 bits per heavy atom. The molecule has 1 aliphatic heterocycles. The molecule has 1 N–H and O–H groups in total. The summed E-state index contributed by atoms with van der Waals surface area (Å²) in [5, 5.41) is 0.858. The maximum atomic E-state index is 11.9. The zero-order valence-corrected chi connectivity index (χ0v) is 16.7. The van der Waals surface area contributed by atoms with E-state index >= 15 is 0 Å². The Morgan fingerprint density at radius 3 is 2.81 bits per heavy atom. The number of nitrogens with one attached hydrogen (secondary N) is 1. The van der Waals surface area contributed by atoms with Crippen molar-refractivity contribution in [1.82, 2.24) is 9.71 Å². The fourth-order valence-electron chi connectivity index (χ4n) is 2.72. The second-order valence-electron chi connectivity index (χ2n) is 6.06. The van der Waals surface area contributed by atoms with Gasteiger partial charge in [-0.25, -0.2) is 18.1 Å². The summed E-state index contributed by atoms with van der Waals surface area (Å²) in [6.45, 7) is 3.05. The highest BCUT2D eigenvalue weighted by atomic mass is 35.5. The van der Waals surface area contributed by atoms with Gasteiger partial charge < -0.3 is 9.47 Å². The van der Waals surface area contributed by atoms with Crippen LogP contribution in [-0.4, -0.2) is 45.0 Å². The molecule has 6 nitrogen and oxygen atoms in total. The minimum atomic E-state index is -3.25. The lowest BCUT2D eigenvalue weighted by Crippen LogP contribution is -2.47. The first-order chi connectivity index (χ1) is 12.5. The summed E-state index contributed by atoms with van der Waals surface area (Å²) < 4.78 is 38.5. The second-order valence-corrected chi connectivity index (χ2v) is 9.76. The van der Waals surface area contributed by atoms with E-state index in [0.717, 1.165) is 16.3 Å². The maximum Gasteiger partial charge on any atom is 0.211 e. The van der Waals surface area contributed by atoms with Gasteiger partial charge in [0.05, 0.1) is 25.2 Å². The number of aromatic nitrogens is 1. The Hall–Kier alpha value is -1.19. The molecule has 0 aliphatic carbocycles. The number of hydrogen-bond donors (Lipinski definition) is 1. The fourth-order valence-corrected chi connectivity index (χ4v) is 4.57. The SMILES string of the molecule is CCS(=O)(=O)N[C@H]1CCOC[C@@H]1COc1ccc(-c2ncc(Cl)s2)cc1. The Bertz CT molecular complexity index is 824. The Labute approximate surface area is 162 Å². The van der Waals surface area contributed by atoms with Crippen LogP contribution in [0.4, 0.5) is 0 Å². The highest BCUT2D eigenvalue weighted by Crippen LogP contribution is 2.29. The predicted octanol–water partition coefficient (Wildman–Crippen LogP) is 3.19. The average Bonchev–Trinajstić information content (AvgIpc) is 3.07. The highest BCUT2D eigenvalue weighted by Gasteiger charge is 2.29. The van der Waals surface area contributed by atoms with Crippen molar-refractivity contribution in [2.45, 2.75) is 19.4 Å². The summed E-state index contributed by atoms with van der Waals surface area (Å²) in [6.07, 6.45) is 2.28. The van der Waals surface area contributed by atoms with E-state index in [9.17, 15) is 8.42 Å². The van der Waals surface area contributed by atoms with Crippen LogP contribution in [-0.2, 0) is 14.8 Å². The van der Waals surface area contributed by atoms with Gasteiger partial charge in [0.1, 0.15) is 15.1 Å². The van der Waals surface area contributed by atoms with Crippen molar-refractivity contribution in [3.8, 4) is 16.3 Å². The third kappa shape index (κ3) is 5.17. The van der Waals surface area contributed by atoms with Crippen molar-refractivity contribution < 1.29 is 17.9 Å². The monoisotopic (exact) mass is 416 g/mol. The molecule has 142 valence electrons. The predicted molar refractivity (Wildman–Crippen MR) is 103 cm³/mol. The summed E-state index contributed by atoms with van der Waals surface area (Å²) in [5.74, 6) is 0.766. The van der Waals surface area contributed by atoms with Crippen LogP contribution in [0.25, 0.3) is 10.6 Å². The van der Waals surface area contributed by atoms with Crippen molar-refractivity contribution >= 4 is 33.0 Å². The van der Waals surface area contributed by atoms with Gasteiger partial charge in [-0.3, -0.25) is 0 Å². The van der Waals surface area contributed by atoms with Gasteiger partial charge in [-0.05, 0) is 37.6 Å². The van der Waals surface area contributed by atoms with E-state index in [1.165, 1.54) is 11.3 Å². The molecule has 0 bridgehead atoms. The summed E-state index contributed by atoms with van der Waals surface area (Å²) in [5.41, 5.74) is 0.976. The summed E-state index contributed by atoms with van der Waals surface area (Å²) >= 11 is 7.34. The average molecular weight is 417 g/mol. The van der Waals surface area contributed by atoms with Crippen LogP contribution in [0.5, 0.6) is 5.75 Å². The molecule has 1 aromatic heterocycles. The zero-order valence-electron chi connectivity index (χ0n) is 14.4. The van der Waals surface area contributed by atoms with Gasteiger partial charge in [0.2, 0.25) is 10.0 Å². The van der Waals surface area contributed by atoms with Crippen molar-refractivity contribution in [1.29, 1.82) is 0 Å². The molecule has 2 heterocycles. The van der Waals surface area contributed by atoms with E-state index in [-0.39, 0.29) is 17.7 Å². The van der Waals surface area contributed by atoms with E-state index < -0.39 is 10.0 Å². The van der Waals surface area contributed by atoms with E-state index in [0.29, 0.717) is 30.6 Å². The van der Waals surface area contributed by atoms with E-state index in [1.807, 2.05) is 24.3 Å². The molecule has 26 heavy (non-hydrogen) atoms. The molecule has 2 aromatic rings. The minimum absolute atomic E-state index is 0.0254. The van der Waals surface area contributed by atoms with Gasteiger partial charge in [0, 0.05) is 24.1 Å². The number of benzene rings is 1. The first kappa shape index (κ1) is 19.6. The number of thiazole rings is 1. The number of sulfonamides is 1. The standard InChI is InChI=1S/C17H21ClN2O4S2/c1-2-26(21,22)20-15-7-8-23-10-13(15)11-24-14-5-3-12(4-6-14)17-19-9-16(18)25-17/h3-6,9,13,15,20H,2,7-8,10-11H2,1H3/t13-,15+/m1/s1. The molecular weight excluding hydrogens is 396 g/mol. The van der Waals surface area contributed by atoms with Crippen LogP contribution in [0.2, 0.25) is 4.34 Å². The fraction of sp³-hybridized carbons (Fsp3) is 0.471. The molecule has 2 atom stereocenters. The summed E-state index contributed by atoms with van der Waals surface area (Å²) in [6, 6.07) is 7.45. The lowest BCUT2D eigenvalue weighted by atomic mass is 9.98. The number of ether oxygens (including phenoxy) is 2.